The molecule has 3 rings (SSSR count). The van der Waals surface area contributed by atoms with Crippen molar-refractivity contribution in [3.63, 3.8) is 0 Å². The molecule has 0 radical (unpaired) electrons. The number of carbonyl (C=O) groups is 2. The van der Waals surface area contributed by atoms with Crippen molar-refractivity contribution in [3.8, 4) is 17.2 Å². The molecule has 0 saturated carbocycles. The van der Waals surface area contributed by atoms with Crippen molar-refractivity contribution in [3.05, 3.63) is 53.6 Å². The minimum Gasteiger partial charge on any atom is -0.497 e. The lowest BCUT2D eigenvalue weighted by Gasteiger charge is -2.08. The number of methoxy groups -OCH3 is 1. The summed E-state index contributed by atoms with van der Waals surface area (Å²) in [6.07, 6.45) is 0.208. The highest BCUT2D eigenvalue weighted by Crippen LogP contribution is 2.32. The second-order valence-electron chi connectivity index (χ2n) is 5.77. The lowest BCUT2D eigenvalue weighted by molar-refractivity contribution is -0.125. The highest BCUT2D eigenvalue weighted by Gasteiger charge is 2.13. The van der Waals surface area contributed by atoms with Gasteiger partial charge in [0.05, 0.1) is 20.1 Å². The summed E-state index contributed by atoms with van der Waals surface area (Å²) in [5.41, 5.74) is 1.75. The van der Waals surface area contributed by atoms with E-state index in [9.17, 15) is 9.59 Å². The molecular formula is C19H20N2O5. The molecule has 0 atom stereocenters. The summed E-state index contributed by atoms with van der Waals surface area (Å²) in [6.45, 7) is 0.495. The largest absolute Gasteiger partial charge is 0.497 e. The van der Waals surface area contributed by atoms with Crippen LogP contribution in [-0.4, -0.2) is 32.3 Å². The lowest BCUT2D eigenvalue weighted by Crippen LogP contribution is -2.37. The van der Waals surface area contributed by atoms with Crippen molar-refractivity contribution in [2.75, 3.05) is 20.4 Å². The summed E-state index contributed by atoms with van der Waals surface area (Å²) < 4.78 is 15.6. The van der Waals surface area contributed by atoms with E-state index in [-0.39, 0.29) is 31.6 Å². The average molecular weight is 356 g/mol. The van der Waals surface area contributed by atoms with Gasteiger partial charge in [-0.2, -0.15) is 0 Å². The first-order valence-electron chi connectivity index (χ1n) is 8.19. The summed E-state index contributed by atoms with van der Waals surface area (Å²) in [5, 5.41) is 5.37. The Labute approximate surface area is 151 Å². The fourth-order valence-corrected chi connectivity index (χ4v) is 2.48. The molecule has 2 N–H and O–H groups in total. The van der Waals surface area contributed by atoms with Gasteiger partial charge in [-0.15, -0.1) is 0 Å². The van der Waals surface area contributed by atoms with Crippen LogP contribution in [0.1, 0.15) is 11.1 Å². The first-order valence-corrected chi connectivity index (χ1v) is 8.19. The van der Waals surface area contributed by atoms with Gasteiger partial charge in [-0.3, -0.25) is 9.59 Å². The van der Waals surface area contributed by atoms with E-state index in [1.165, 1.54) is 0 Å². The Hall–Kier alpha value is -3.22. The third kappa shape index (κ3) is 4.66. The number of benzene rings is 2. The molecule has 0 aliphatic carbocycles. The number of hydrogen-bond acceptors (Lipinski definition) is 5. The Morgan fingerprint density at radius 2 is 1.69 bits per heavy atom. The molecule has 0 unspecified atom stereocenters. The van der Waals surface area contributed by atoms with Crippen LogP contribution >= 0.6 is 0 Å². The predicted octanol–water partition coefficient (Wildman–Crippen LogP) is 1.40. The van der Waals surface area contributed by atoms with Crippen LogP contribution in [0.4, 0.5) is 0 Å². The quantitative estimate of drug-likeness (QED) is 0.783. The van der Waals surface area contributed by atoms with Crippen LogP contribution in [0.2, 0.25) is 0 Å². The molecule has 7 heteroatoms. The zero-order chi connectivity index (χ0) is 18.4. The molecule has 0 bridgehead atoms. The first kappa shape index (κ1) is 17.6. The predicted molar refractivity (Wildman–Crippen MR) is 94.1 cm³/mol. The number of amides is 2. The Kier molecular flexibility index (Phi) is 5.58. The van der Waals surface area contributed by atoms with Crippen molar-refractivity contribution in [2.24, 2.45) is 0 Å². The molecule has 2 aromatic rings. The molecule has 2 amide bonds. The van der Waals surface area contributed by atoms with Gasteiger partial charge < -0.3 is 24.8 Å². The SMILES string of the molecule is COc1ccc(CC(=O)NCC(=O)NCc2ccc3c(c2)OCO3)cc1. The molecule has 1 aliphatic heterocycles. The molecular weight excluding hydrogens is 336 g/mol. The van der Waals surface area contributed by atoms with Crippen LogP contribution in [0.3, 0.4) is 0 Å². The van der Waals surface area contributed by atoms with E-state index in [0.717, 1.165) is 16.9 Å². The average Bonchev–Trinajstić information content (AvgIpc) is 3.13. The van der Waals surface area contributed by atoms with Crippen LogP contribution in [0.15, 0.2) is 42.5 Å². The summed E-state index contributed by atoms with van der Waals surface area (Å²) in [4.78, 5) is 23.8. The van der Waals surface area contributed by atoms with Gasteiger partial charge in [0, 0.05) is 6.54 Å². The van der Waals surface area contributed by atoms with Crippen molar-refractivity contribution < 1.29 is 23.8 Å². The van der Waals surface area contributed by atoms with Gasteiger partial charge in [0.25, 0.3) is 0 Å². The number of ether oxygens (including phenoxy) is 3. The van der Waals surface area contributed by atoms with E-state index in [0.29, 0.717) is 18.0 Å². The lowest BCUT2D eigenvalue weighted by atomic mass is 10.1. The van der Waals surface area contributed by atoms with Crippen molar-refractivity contribution in [1.82, 2.24) is 10.6 Å². The van der Waals surface area contributed by atoms with Gasteiger partial charge in [0.15, 0.2) is 11.5 Å². The van der Waals surface area contributed by atoms with Crippen LogP contribution < -0.4 is 24.8 Å². The third-order valence-corrected chi connectivity index (χ3v) is 3.90. The van der Waals surface area contributed by atoms with E-state index in [1.807, 2.05) is 24.3 Å². The minimum atomic E-state index is -0.259. The molecule has 0 saturated heterocycles. The number of rotatable bonds is 7. The molecule has 26 heavy (non-hydrogen) atoms. The smallest absolute Gasteiger partial charge is 0.239 e. The second-order valence-corrected chi connectivity index (χ2v) is 5.77. The van der Waals surface area contributed by atoms with Crippen molar-refractivity contribution >= 4 is 11.8 Å². The van der Waals surface area contributed by atoms with Gasteiger partial charge in [-0.25, -0.2) is 0 Å². The summed E-state index contributed by atoms with van der Waals surface area (Å²) in [6, 6.07) is 12.7. The van der Waals surface area contributed by atoms with Crippen molar-refractivity contribution in [1.29, 1.82) is 0 Å². The van der Waals surface area contributed by atoms with Gasteiger partial charge >= 0.3 is 0 Å². The molecule has 2 aromatic carbocycles. The Balaban J connectivity index is 1.39. The fraction of sp³-hybridized carbons (Fsp3) is 0.263. The van der Waals surface area contributed by atoms with Crippen LogP contribution in [0, 0.1) is 0 Å². The number of carbonyl (C=O) groups excluding carboxylic acids is 2. The zero-order valence-corrected chi connectivity index (χ0v) is 14.4. The van der Waals surface area contributed by atoms with Gasteiger partial charge in [0.2, 0.25) is 18.6 Å². The maximum atomic E-state index is 11.9. The van der Waals surface area contributed by atoms with E-state index < -0.39 is 0 Å². The number of hydrogen-bond donors (Lipinski definition) is 2. The highest BCUT2D eigenvalue weighted by molar-refractivity contribution is 5.85. The Morgan fingerprint density at radius 1 is 0.962 bits per heavy atom. The zero-order valence-electron chi connectivity index (χ0n) is 14.4. The molecule has 1 aliphatic rings. The second kappa shape index (κ2) is 8.24. The van der Waals surface area contributed by atoms with E-state index in [2.05, 4.69) is 10.6 Å². The van der Waals surface area contributed by atoms with E-state index in [1.54, 1.807) is 25.3 Å². The maximum absolute atomic E-state index is 11.9. The summed E-state index contributed by atoms with van der Waals surface area (Å²) >= 11 is 0. The third-order valence-electron chi connectivity index (χ3n) is 3.90. The first-order chi connectivity index (χ1) is 12.6. The van der Waals surface area contributed by atoms with Crippen LogP contribution in [-0.2, 0) is 22.6 Å². The van der Waals surface area contributed by atoms with Crippen LogP contribution in [0.5, 0.6) is 17.2 Å². The van der Waals surface area contributed by atoms with Crippen LogP contribution in [0.25, 0.3) is 0 Å². The minimum absolute atomic E-state index is 0.0699. The van der Waals surface area contributed by atoms with Gasteiger partial charge in [-0.1, -0.05) is 18.2 Å². The molecule has 136 valence electrons. The highest BCUT2D eigenvalue weighted by atomic mass is 16.7. The molecule has 0 aromatic heterocycles. The molecule has 0 spiro atoms. The molecule has 0 fully saturated rings. The number of nitrogens with one attached hydrogen (secondary N) is 2. The standard InChI is InChI=1S/C19H20N2O5/c1-24-15-5-2-13(3-6-15)9-18(22)21-11-19(23)20-10-14-4-7-16-17(8-14)26-12-25-16/h2-8H,9-12H2,1H3,(H,20,23)(H,21,22). The van der Waals surface area contributed by atoms with Gasteiger partial charge in [0.1, 0.15) is 5.75 Å². The topological polar surface area (TPSA) is 85.9 Å². The monoisotopic (exact) mass is 356 g/mol. The fourth-order valence-electron chi connectivity index (χ4n) is 2.48. The van der Waals surface area contributed by atoms with Crippen molar-refractivity contribution in [2.45, 2.75) is 13.0 Å². The maximum Gasteiger partial charge on any atom is 0.239 e. The Bertz CT molecular complexity index is 789. The molecule has 1 heterocycles. The summed E-state index contributed by atoms with van der Waals surface area (Å²) in [5.74, 6) is 1.63. The Morgan fingerprint density at radius 3 is 2.46 bits per heavy atom. The molecule has 7 nitrogen and oxygen atoms in total. The van der Waals surface area contributed by atoms with E-state index >= 15 is 0 Å². The number of fused-ring (bicyclic) bond motifs is 1. The summed E-state index contributed by atoms with van der Waals surface area (Å²) in [7, 11) is 1.59. The van der Waals surface area contributed by atoms with E-state index in [4.69, 9.17) is 14.2 Å². The van der Waals surface area contributed by atoms with Gasteiger partial charge in [-0.05, 0) is 35.4 Å². The normalized spacial score (nSPS) is 11.7.